The molecule has 1 aliphatic heterocycles. The number of aromatic amines is 1. The number of ether oxygens (including phenoxy) is 1. The van der Waals surface area contributed by atoms with Gasteiger partial charge in [-0.05, 0) is 67.3 Å². The number of nitrogens with one attached hydrogen (secondary N) is 3. The van der Waals surface area contributed by atoms with E-state index in [1.165, 1.54) is 23.2 Å². The van der Waals surface area contributed by atoms with Crippen molar-refractivity contribution in [3.05, 3.63) is 135 Å². The normalized spacial score (nSPS) is 15.2. The van der Waals surface area contributed by atoms with E-state index in [1.807, 2.05) is 95.4 Å². The summed E-state index contributed by atoms with van der Waals surface area (Å²) in [6.07, 6.45) is 5.74. The molecule has 16 heteroatoms. The van der Waals surface area contributed by atoms with Gasteiger partial charge in [0.25, 0.3) is 5.56 Å². The average Bonchev–Trinajstić information content (AvgIpc) is 3.73. The summed E-state index contributed by atoms with van der Waals surface area (Å²) in [6.45, 7) is 13.8. The van der Waals surface area contributed by atoms with Crippen molar-refractivity contribution < 1.29 is 14.1 Å². The first-order valence-electron chi connectivity index (χ1n) is 19.5. The van der Waals surface area contributed by atoms with Gasteiger partial charge in [-0.2, -0.15) is 4.98 Å². The predicted octanol–water partition coefficient (Wildman–Crippen LogP) is 4.98. The van der Waals surface area contributed by atoms with Crippen LogP contribution in [0.3, 0.4) is 0 Å². The molecule has 2 atom stereocenters. The van der Waals surface area contributed by atoms with Crippen molar-refractivity contribution in [2.45, 2.75) is 58.5 Å². The van der Waals surface area contributed by atoms with E-state index >= 15 is 0 Å². The molecule has 0 bridgehead atoms. The number of H-pyrrole nitrogens is 1. The molecule has 2 aromatic carbocycles. The highest BCUT2D eigenvalue weighted by Crippen LogP contribution is 2.28. The van der Waals surface area contributed by atoms with E-state index in [1.54, 1.807) is 7.11 Å². The second-order valence-corrected chi connectivity index (χ2v) is 15.8. The van der Waals surface area contributed by atoms with Crippen molar-refractivity contribution in [1.29, 1.82) is 0 Å². The molecule has 3 N–H and O–H groups in total. The Labute approximate surface area is 341 Å². The van der Waals surface area contributed by atoms with Crippen LogP contribution >= 0.6 is 0 Å². The van der Waals surface area contributed by atoms with Gasteiger partial charge in [0.1, 0.15) is 18.0 Å². The van der Waals surface area contributed by atoms with E-state index in [9.17, 15) is 14.4 Å². The van der Waals surface area contributed by atoms with Crippen LogP contribution in [0.25, 0.3) is 16.9 Å². The second-order valence-electron chi connectivity index (χ2n) is 15.8. The van der Waals surface area contributed by atoms with E-state index < -0.39 is 17.2 Å². The summed E-state index contributed by atoms with van der Waals surface area (Å²) in [4.78, 5) is 61.5. The molecule has 7 rings (SSSR count). The standard InChI is InChI=1S/C43H49N11O5/c1-27-21-30(9-13-34(27)28(2)47-39(56)40-50-41(51-59-40)43(3,4)5)35-22-37(46-26-45-35)48-36-14-12-32(23-44-36)53-20-19-52(24-33(53)25-58-6)17-15-29-7-10-31(11-8-29)54-18-16-38(55)49-42(54)57/h7-14,16,18,21-23,26,28,33H,15,17,19-20,24-25H2,1-6H3,(H,47,56)(H,49,55,57)(H,44,45,46,48)/t28-,33-/m1/s1. The van der Waals surface area contributed by atoms with Crippen molar-refractivity contribution in [2.75, 3.05) is 50.1 Å². The van der Waals surface area contributed by atoms with Gasteiger partial charge in [-0.15, -0.1) is 0 Å². The fourth-order valence-corrected chi connectivity index (χ4v) is 7.15. The van der Waals surface area contributed by atoms with Gasteiger partial charge in [-0.25, -0.2) is 19.7 Å². The number of benzene rings is 2. The van der Waals surface area contributed by atoms with Crippen molar-refractivity contribution in [3.63, 3.8) is 0 Å². The van der Waals surface area contributed by atoms with Crippen LogP contribution in [0.15, 0.2) is 99.6 Å². The maximum Gasteiger partial charge on any atom is 0.332 e. The fourth-order valence-electron chi connectivity index (χ4n) is 7.15. The molecule has 1 aliphatic rings. The molecule has 16 nitrogen and oxygen atoms in total. The summed E-state index contributed by atoms with van der Waals surface area (Å²) in [5, 5.41) is 10.2. The Kier molecular flexibility index (Phi) is 12.1. The Balaban J connectivity index is 0.936. The summed E-state index contributed by atoms with van der Waals surface area (Å²) in [6, 6.07) is 20.9. The average molecular weight is 800 g/mol. The third kappa shape index (κ3) is 9.79. The van der Waals surface area contributed by atoms with E-state index in [0.717, 1.165) is 66.2 Å². The molecule has 0 saturated carbocycles. The van der Waals surface area contributed by atoms with Gasteiger partial charge in [0.05, 0.1) is 42.0 Å². The van der Waals surface area contributed by atoms with Gasteiger partial charge in [-0.3, -0.25) is 24.0 Å². The smallest absolute Gasteiger partial charge is 0.332 e. The maximum absolute atomic E-state index is 12.9. The zero-order valence-corrected chi connectivity index (χ0v) is 34.1. The molecule has 0 aliphatic carbocycles. The Hall–Kier alpha value is -6.52. The number of carbonyl (C=O) groups is 1. The number of methoxy groups -OCH3 is 1. The summed E-state index contributed by atoms with van der Waals surface area (Å²) < 4.78 is 12.3. The lowest BCUT2D eigenvalue weighted by Gasteiger charge is -2.42. The molecule has 6 aromatic rings. The van der Waals surface area contributed by atoms with Gasteiger partial charge < -0.3 is 24.8 Å². The van der Waals surface area contributed by atoms with Crippen LogP contribution in [-0.2, 0) is 16.6 Å². The van der Waals surface area contributed by atoms with Crippen molar-refractivity contribution >= 4 is 23.2 Å². The highest BCUT2D eigenvalue weighted by Gasteiger charge is 2.28. The van der Waals surface area contributed by atoms with Gasteiger partial charge >= 0.3 is 17.5 Å². The van der Waals surface area contributed by atoms with Crippen molar-refractivity contribution in [3.8, 4) is 16.9 Å². The van der Waals surface area contributed by atoms with Crippen LogP contribution < -0.4 is 26.8 Å². The SMILES string of the molecule is COC[C@H]1CN(CCc2ccc(-n3ccc(=O)[nH]c3=O)cc2)CCN1c1ccc(Nc2cc(-c3ccc([C@@H](C)NC(=O)c4nc(C(C)(C)C)no4)c(C)c3)ncn2)nc1. The van der Waals surface area contributed by atoms with Gasteiger partial charge in [0.15, 0.2) is 5.82 Å². The van der Waals surface area contributed by atoms with Crippen LogP contribution in [0, 0.1) is 6.92 Å². The number of nitrogens with zero attached hydrogens (tertiary/aromatic N) is 8. The summed E-state index contributed by atoms with van der Waals surface area (Å²) in [5.74, 6) is 1.26. The van der Waals surface area contributed by atoms with Crippen LogP contribution in [0.5, 0.6) is 0 Å². The Bertz CT molecular complexity index is 2510. The number of piperazine rings is 1. The van der Waals surface area contributed by atoms with Crippen LogP contribution in [0.4, 0.5) is 17.3 Å². The molecule has 4 aromatic heterocycles. The van der Waals surface area contributed by atoms with Crippen LogP contribution in [0.1, 0.15) is 66.9 Å². The number of rotatable bonds is 13. The minimum Gasteiger partial charge on any atom is -0.383 e. The number of amides is 1. The molecular weight excluding hydrogens is 751 g/mol. The third-order valence-electron chi connectivity index (χ3n) is 10.4. The Morgan fingerprint density at radius 1 is 0.983 bits per heavy atom. The summed E-state index contributed by atoms with van der Waals surface area (Å²) in [5.41, 5.74) is 5.27. The summed E-state index contributed by atoms with van der Waals surface area (Å²) in [7, 11) is 1.73. The minimum atomic E-state index is -0.461. The van der Waals surface area contributed by atoms with Gasteiger partial charge in [0, 0.05) is 62.6 Å². The first-order chi connectivity index (χ1) is 28.3. The first kappa shape index (κ1) is 40.7. The number of carbonyl (C=O) groups excluding carboxylic acids is 1. The highest BCUT2D eigenvalue weighted by atomic mass is 16.5. The van der Waals surface area contributed by atoms with E-state index in [-0.39, 0.29) is 23.4 Å². The molecule has 59 heavy (non-hydrogen) atoms. The quantitative estimate of drug-likeness (QED) is 0.142. The molecule has 0 radical (unpaired) electrons. The lowest BCUT2D eigenvalue weighted by atomic mass is 9.96. The molecule has 1 saturated heterocycles. The molecule has 1 amide bonds. The maximum atomic E-state index is 12.9. The molecule has 306 valence electrons. The Morgan fingerprint density at radius 3 is 2.47 bits per heavy atom. The third-order valence-corrected chi connectivity index (χ3v) is 10.4. The number of hydrogen-bond acceptors (Lipinski definition) is 13. The van der Waals surface area contributed by atoms with Crippen molar-refractivity contribution in [1.82, 2.24) is 44.9 Å². The second kappa shape index (κ2) is 17.5. The first-order valence-corrected chi connectivity index (χ1v) is 19.5. The van der Waals surface area contributed by atoms with Crippen molar-refractivity contribution in [2.24, 2.45) is 0 Å². The number of aryl methyl sites for hydroxylation is 1. The number of pyridine rings is 1. The number of hydrogen-bond donors (Lipinski definition) is 3. The molecule has 5 heterocycles. The molecule has 1 fully saturated rings. The minimum absolute atomic E-state index is 0.0605. The monoisotopic (exact) mass is 799 g/mol. The zero-order valence-electron chi connectivity index (χ0n) is 34.1. The van der Waals surface area contributed by atoms with E-state index in [2.05, 4.69) is 51.6 Å². The van der Waals surface area contributed by atoms with E-state index in [4.69, 9.17) is 14.2 Å². The van der Waals surface area contributed by atoms with E-state index in [0.29, 0.717) is 29.8 Å². The lowest BCUT2D eigenvalue weighted by Crippen LogP contribution is -2.55. The lowest BCUT2D eigenvalue weighted by molar-refractivity contribution is 0.0895. The zero-order chi connectivity index (χ0) is 41.7. The number of aromatic nitrogens is 7. The fraction of sp³-hybridized carbons (Fsp3) is 0.349. The predicted molar refractivity (Wildman–Crippen MR) is 224 cm³/mol. The van der Waals surface area contributed by atoms with Crippen LogP contribution in [-0.4, -0.2) is 91.4 Å². The van der Waals surface area contributed by atoms with Gasteiger partial charge in [0.2, 0.25) is 0 Å². The molecule has 0 spiro atoms. The topological polar surface area (TPSA) is 189 Å². The largest absolute Gasteiger partial charge is 0.383 e. The summed E-state index contributed by atoms with van der Waals surface area (Å²) >= 11 is 0. The highest BCUT2D eigenvalue weighted by molar-refractivity contribution is 5.89. The molecular formula is C43H49N11O5. The Morgan fingerprint density at radius 2 is 1.78 bits per heavy atom. The molecule has 0 unspecified atom stereocenters. The van der Waals surface area contributed by atoms with Gasteiger partial charge in [-0.1, -0.05) is 50.2 Å². The van der Waals surface area contributed by atoms with Crippen LogP contribution in [0.2, 0.25) is 0 Å². The number of anilines is 3.